The third kappa shape index (κ3) is 3.73. The van der Waals surface area contributed by atoms with E-state index in [2.05, 4.69) is 33.0 Å². The summed E-state index contributed by atoms with van der Waals surface area (Å²) >= 11 is 2.20. The van der Waals surface area contributed by atoms with Crippen molar-refractivity contribution in [1.82, 2.24) is 9.78 Å². The van der Waals surface area contributed by atoms with E-state index in [1.807, 2.05) is 28.9 Å². The molecule has 0 spiro atoms. The number of benzene rings is 2. The summed E-state index contributed by atoms with van der Waals surface area (Å²) in [6.45, 7) is 1.34. The van der Waals surface area contributed by atoms with Gasteiger partial charge >= 0.3 is 0 Å². The first-order valence-electron chi connectivity index (χ1n) is 8.90. The normalized spacial score (nSPS) is 15.6. The van der Waals surface area contributed by atoms with Crippen LogP contribution in [0, 0.1) is 9.52 Å². The molecule has 6 nitrogen and oxygen atoms in total. The number of methoxy groups -OCH3 is 1. The standard InChI is InChI=1S/C20H20FIN4O2/c1-27-14-5-2-12(3-6-14)11-26-20-18(19(22)25-26)17(8-9-24-20)28-16-7-4-13(23)10-15(16)21/h2-7,10,17,24H,8-9,11,23H2,1H3. The van der Waals surface area contributed by atoms with E-state index in [0.717, 1.165) is 39.4 Å². The van der Waals surface area contributed by atoms with Crippen LogP contribution in [0.25, 0.3) is 0 Å². The van der Waals surface area contributed by atoms with Gasteiger partial charge in [-0.15, -0.1) is 0 Å². The van der Waals surface area contributed by atoms with Gasteiger partial charge in [0.1, 0.15) is 21.4 Å². The topological polar surface area (TPSA) is 74.3 Å². The first-order valence-corrected chi connectivity index (χ1v) is 9.97. The molecule has 146 valence electrons. The molecule has 8 heteroatoms. The molecule has 1 atom stereocenters. The third-order valence-electron chi connectivity index (χ3n) is 4.68. The largest absolute Gasteiger partial charge is 0.497 e. The van der Waals surface area contributed by atoms with Crippen LogP contribution in [0.5, 0.6) is 11.5 Å². The number of rotatable bonds is 5. The van der Waals surface area contributed by atoms with Gasteiger partial charge in [-0.25, -0.2) is 9.07 Å². The van der Waals surface area contributed by atoms with E-state index in [4.69, 9.17) is 15.2 Å². The molecule has 3 N–H and O–H groups in total. The number of nitrogens with zero attached hydrogens (tertiary/aromatic N) is 2. The second-order valence-electron chi connectivity index (χ2n) is 6.57. The van der Waals surface area contributed by atoms with E-state index in [1.54, 1.807) is 19.2 Å². The first kappa shape index (κ1) is 18.9. The number of halogens is 2. The van der Waals surface area contributed by atoms with Crippen molar-refractivity contribution in [2.24, 2.45) is 0 Å². The molecule has 0 bridgehead atoms. The van der Waals surface area contributed by atoms with Crippen molar-refractivity contribution in [3.63, 3.8) is 0 Å². The Hall–Kier alpha value is -2.49. The van der Waals surface area contributed by atoms with Crippen molar-refractivity contribution in [3.8, 4) is 11.5 Å². The summed E-state index contributed by atoms with van der Waals surface area (Å²) in [5.74, 6) is 1.47. The van der Waals surface area contributed by atoms with Crippen LogP contribution in [0.3, 0.4) is 0 Å². The highest BCUT2D eigenvalue weighted by Crippen LogP contribution is 2.38. The van der Waals surface area contributed by atoms with Gasteiger partial charge in [-0.3, -0.25) is 0 Å². The van der Waals surface area contributed by atoms with Gasteiger partial charge in [0, 0.05) is 24.7 Å². The highest BCUT2D eigenvalue weighted by atomic mass is 127. The van der Waals surface area contributed by atoms with Crippen LogP contribution in [0.1, 0.15) is 23.7 Å². The zero-order valence-corrected chi connectivity index (χ0v) is 17.4. The lowest BCUT2D eigenvalue weighted by Crippen LogP contribution is -2.22. The van der Waals surface area contributed by atoms with Crippen LogP contribution in [0.2, 0.25) is 0 Å². The molecule has 0 amide bonds. The van der Waals surface area contributed by atoms with E-state index in [-0.39, 0.29) is 11.9 Å². The summed E-state index contributed by atoms with van der Waals surface area (Å²) in [6, 6.07) is 12.4. The summed E-state index contributed by atoms with van der Waals surface area (Å²) in [4.78, 5) is 0. The SMILES string of the molecule is COc1ccc(Cn2nc(I)c3c2NCCC3Oc2ccc(N)cc2F)cc1. The van der Waals surface area contributed by atoms with Crippen molar-refractivity contribution >= 4 is 34.1 Å². The fraction of sp³-hybridized carbons (Fsp3) is 0.250. The monoisotopic (exact) mass is 494 g/mol. The Balaban J connectivity index is 1.60. The predicted octanol–water partition coefficient (Wildman–Crippen LogP) is 4.20. The number of aromatic nitrogens is 2. The summed E-state index contributed by atoms with van der Waals surface area (Å²) in [7, 11) is 1.65. The fourth-order valence-electron chi connectivity index (χ4n) is 3.29. The number of nitrogens with one attached hydrogen (secondary N) is 1. The van der Waals surface area contributed by atoms with E-state index < -0.39 is 5.82 Å². The molecule has 0 aliphatic carbocycles. The summed E-state index contributed by atoms with van der Waals surface area (Å²) in [5, 5.41) is 8.09. The number of anilines is 2. The van der Waals surface area contributed by atoms with Crippen LogP contribution in [-0.4, -0.2) is 23.4 Å². The van der Waals surface area contributed by atoms with E-state index in [1.165, 1.54) is 6.07 Å². The van der Waals surface area contributed by atoms with Gasteiger partial charge in [0.15, 0.2) is 11.6 Å². The van der Waals surface area contributed by atoms with E-state index in [0.29, 0.717) is 12.2 Å². The number of nitrogens with two attached hydrogens (primary N) is 1. The Morgan fingerprint density at radius 1 is 1.29 bits per heavy atom. The molecule has 2 aromatic carbocycles. The maximum absolute atomic E-state index is 14.2. The first-order chi connectivity index (χ1) is 13.5. The van der Waals surface area contributed by atoms with E-state index in [9.17, 15) is 4.39 Å². The molecule has 0 saturated carbocycles. The maximum atomic E-state index is 14.2. The molecule has 0 saturated heterocycles. The van der Waals surface area contributed by atoms with Crippen LogP contribution < -0.4 is 20.5 Å². The number of hydrogen-bond donors (Lipinski definition) is 2. The minimum absolute atomic E-state index is 0.200. The van der Waals surface area contributed by atoms with Gasteiger partial charge < -0.3 is 20.5 Å². The molecule has 0 fully saturated rings. The van der Waals surface area contributed by atoms with Crippen LogP contribution in [0.15, 0.2) is 42.5 Å². The van der Waals surface area contributed by atoms with Gasteiger partial charge in [-0.2, -0.15) is 5.10 Å². The number of fused-ring (bicyclic) bond motifs is 1. The lowest BCUT2D eigenvalue weighted by molar-refractivity contribution is 0.186. The molecule has 2 heterocycles. The smallest absolute Gasteiger partial charge is 0.167 e. The van der Waals surface area contributed by atoms with Gasteiger partial charge in [-0.05, 0) is 52.4 Å². The summed E-state index contributed by atoms with van der Waals surface area (Å²) < 4.78 is 28.2. The minimum Gasteiger partial charge on any atom is -0.497 e. The zero-order valence-electron chi connectivity index (χ0n) is 15.3. The lowest BCUT2D eigenvalue weighted by Gasteiger charge is -2.26. The molecule has 0 radical (unpaired) electrons. The average Bonchev–Trinajstić information content (AvgIpc) is 3.01. The molecular weight excluding hydrogens is 474 g/mol. The number of ether oxygens (including phenoxy) is 2. The molecule has 1 aliphatic heterocycles. The minimum atomic E-state index is -0.458. The van der Waals surface area contributed by atoms with Gasteiger partial charge in [0.2, 0.25) is 0 Å². The molecule has 1 aliphatic rings. The number of hydrogen-bond acceptors (Lipinski definition) is 5. The Bertz CT molecular complexity index is 991. The maximum Gasteiger partial charge on any atom is 0.167 e. The van der Waals surface area contributed by atoms with Gasteiger partial charge in [0.25, 0.3) is 0 Å². The van der Waals surface area contributed by atoms with Crippen molar-refractivity contribution in [2.45, 2.75) is 19.1 Å². The quantitative estimate of drug-likeness (QED) is 0.411. The second kappa shape index (κ2) is 7.86. The Labute approximate surface area is 176 Å². The van der Waals surface area contributed by atoms with Gasteiger partial charge in [0.05, 0.1) is 19.2 Å². The molecule has 4 rings (SSSR count). The third-order valence-corrected chi connectivity index (χ3v) is 5.48. The van der Waals surface area contributed by atoms with E-state index >= 15 is 0 Å². The predicted molar refractivity (Wildman–Crippen MR) is 114 cm³/mol. The number of nitrogen functional groups attached to an aromatic ring is 1. The molecular formula is C20H20FIN4O2. The van der Waals surface area contributed by atoms with Crippen molar-refractivity contribution in [3.05, 3.63) is 63.1 Å². The van der Waals surface area contributed by atoms with Crippen LogP contribution >= 0.6 is 22.6 Å². The van der Waals surface area contributed by atoms with Crippen molar-refractivity contribution in [2.75, 3.05) is 24.7 Å². The summed E-state index contributed by atoms with van der Waals surface area (Å²) in [6.07, 6.45) is 0.451. The Kier molecular flexibility index (Phi) is 5.29. The summed E-state index contributed by atoms with van der Waals surface area (Å²) in [5.41, 5.74) is 8.06. The fourth-order valence-corrected chi connectivity index (χ4v) is 4.15. The Morgan fingerprint density at radius 2 is 2.07 bits per heavy atom. The highest BCUT2D eigenvalue weighted by molar-refractivity contribution is 14.1. The molecule has 1 unspecified atom stereocenters. The van der Waals surface area contributed by atoms with Gasteiger partial charge in [-0.1, -0.05) is 12.1 Å². The zero-order chi connectivity index (χ0) is 19.7. The lowest BCUT2D eigenvalue weighted by atomic mass is 10.1. The Morgan fingerprint density at radius 3 is 2.79 bits per heavy atom. The van der Waals surface area contributed by atoms with Crippen molar-refractivity contribution < 1.29 is 13.9 Å². The van der Waals surface area contributed by atoms with Crippen LogP contribution in [0.4, 0.5) is 15.9 Å². The second-order valence-corrected chi connectivity index (χ2v) is 7.59. The highest BCUT2D eigenvalue weighted by Gasteiger charge is 2.30. The van der Waals surface area contributed by atoms with Crippen LogP contribution in [-0.2, 0) is 6.54 Å². The average molecular weight is 494 g/mol. The van der Waals surface area contributed by atoms with Crippen molar-refractivity contribution in [1.29, 1.82) is 0 Å². The molecule has 1 aromatic heterocycles. The molecule has 28 heavy (non-hydrogen) atoms. The molecule has 3 aromatic rings.